The number of nitrogens with zero attached hydrogens (tertiary/aromatic N) is 1. The lowest BCUT2D eigenvalue weighted by Gasteiger charge is -2.27. The molecule has 3 atom stereocenters. The van der Waals surface area contributed by atoms with Crippen molar-refractivity contribution in [3.05, 3.63) is 35.9 Å². The molecule has 3 N–H and O–H groups in total. The Morgan fingerprint density at radius 2 is 1.97 bits per heavy atom. The van der Waals surface area contributed by atoms with E-state index in [4.69, 9.17) is 4.74 Å². The fraction of sp³-hybridized carbons (Fsp3) is 0.500. The van der Waals surface area contributed by atoms with Crippen molar-refractivity contribution in [2.45, 2.75) is 57.3 Å². The summed E-state index contributed by atoms with van der Waals surface area (Å²) in [5, 5.41) is 8.11. The highest BCUT2D eigenvalue weighted by Crippen LogP contribution is 2.16. The number of nitrogens with one attached hydrogen (secondary N) is 3. The number of rotatable bonds is 8. The van der Waals surface area contributed by atoms with Crippen molar-refractivity contribution in [3.8, 4) is 0 Å². The van der Waals surface area contributed by atoms with E-state index in [9.17, 15) is 24.0 Å². The number of amides is 5. The average molecular weight is 477 g/mol. The molecule has 10 nitrogen and oxygen atoms in total. The van der Waals surface area contributed by atoms with Crippen LogP contribution in [0, 0.1) is 0 Å². The Kier molecular flexibility index (Phi) is 8.84. The maximum absolute atomic E-state index is 13.4. The number of carbonyl (C=O) groups is 5. The van der Waals surface area contributed by atoms with Gasteiger partial charge in [-0.2, -0.15) is 4.90 Å². The van der Waals surface area contributed by atoms with Crippen LogP contribution in [0.4, 0.5) is 4.79 Å². The van der Waals surface area contributed by atoms with Gasteiger partial charge in [-0.1, -0.05) is 43.7 Å². The average Bonchev–Trinajstić information content (AvgIpc) is 3.50. The van der Waals surface area contributed by atoms with Crippen LogP contribution in [0.1, 0.15) is 38.2 Å². The van der Waals surface area contributed by atoms with E-state index in [-0.39, 0.29) is 25.4 Å². The van der Waals surface area contributed by atoms with Gasteiger partial charge in [-0.3, -0.25) is 24.5 Å². The highest BCUT2D eigenvalue weighted by molar-refractivity contribution is 7.99. The summed E-state index contributed by atoms with van der Waals surface area (Å²) in [5.74, 6) is -1.39. The zero-order valence-electron chi connectivity index (χ0n) is 18.4. The second-order valence-electron chi connectivity index (χ2n) is 7.83. The molecule has 1 aromatic rings. The molecular weight excluding hydrogens is 448 g/mol. The minimum Gasteiger partial charge on any atom is -0.444 e. The van der Waals surface area contributed by atoms with Gasteiger partial charge in [0.05, 0.1) is 6.04 Å². The second kappa shape index (κ2) is 11.8. The molecule has 1 aromatic carbocycles. The molecule has 5 amide bonds. The highest BCUT2D eigenvalue weighted by Gasteiger charge is 2.40. The number of benzene rings is 1. The van der Waals surface area contributed by atoms with Gasteiger partial charge in [0.1, 0.15) is 18.7 Å². The van der Waals surface area contributed by atoms with Crippen molar-refractivity contribution in [1.82, 2.24) is 20.9 Å². The lowest BCUT2D eigenvalue weighted by atomic mass is 10.1. The summed E-state index contributed by atoms with van der Waals surface area (Å²) in [4.78, 5) is 63.9. The van der Waals surface area contributed by atoms with E-state index in [1.807, 2.05) is 13.0 Å². The van der Waals surface area contributed by atoms with Gasteiger partial charge in [-0.15, -0.1) is 11.8 Å². The van der Waals surface area contributed by atoms with Crippen LogP contribution in [-0.4, -0.2) is 64.4 Å². The van der Waals surface area contributed by atoms with Crippen LogP contribution >= 0.6 is 11.8 Å². The smallest absolute Gasteiger partial charge is 0.423 e. The van der Waals surface area contributed by atoms with Gasteiger partial charge in [0.15, 0.2) is 0 Å². The van der Waals surface area contributed by atoms with E-state index >= 15 is 0 Å². The van der Waals surface area contributed by atoms with E-state index in [0.717, 1.165) is 0 Å². The van der Waals surface area contributed by atoms with Gasteiger partial charge < -0.3 is 15.4 Å². The molecule has 1 unspecified atom stereocenters. The molecule has 2 heterocycles. The first-order valence-electron chi connectivity index (χ1n) is 10.9. The molecule has 2 fully saturated rings. The van der Waals surface area contributed by atoms with Crippen molar-refractivity contribution in [2.24, 2.45) is 0 Å². The zero-order chi connectivity index (χ0) is 23.8. The first-order chi connectivity index (χ1) is 15.9. The van der Waals surface area contributed by atoms with Gasteiger partial charge >= 0.3 is 6.09 Å². The minimum absolute atomic E-state index is 0.109. The first kappa shape index (κ1) is 24.7. The topological polar surface area (TPSA) is 134 Å². The quantitative estimate of drug-likeness (QED) is 0.504. The summed E-state index contributed by atoms with van der Waals surface area (Å²) >= 11 is 1.48. The Labute approximate surface area is 196 Å². The van der Waals surface area contributed by atoms with Gasteiger partial charge in [-0.25, -0.2) is 4.79 Å². The van der Waals surface area contributed by atoms with E-state index in [1.54, 1.807) is 24.3 Å². The van der Waals surface area contributed by atoms with Crippen LogP contribution in [-0.2, 0) is 30.5 Å². The Morgan fingerprint density at radius 3 is 2.58 bits per heavy atom. The fourth-order valence-electron chi connectivity index (χ4n) is 3.57. The number of imide groups is 3. The molecule has 178 valence electrons. The standard InChI is InChI=1S/C22H28N4O6S/c1-2-6-16(25-19(28)15-9-10-18(27)24-15)20(29)26(21(30)17-12-33-13-23-17)22(31)32-11-14-7-4-3-5-8-14/h3-5,7-8,15-17,23H,2,6,9-13H2,1H3,(H,24,27)(H,25,28)/t15-,16-,17?/m0/s1. The van der Waals surface area contributed by atoms with Crippen LogP contribution in [0.15, 0.2) is 30.3 Å². The van der Waals surface area contributed by atoms with E-state index in [1.165, 1.54) is 11.8 Å². The van der Waals surface area contributed by atoms with Crippen LogP contribution in [0.3, 0.4) is 0 Å². The molecule has 2 aliphatic heterocycles. The predicted molar refractivity (Wildman–Crippen MR) is 121 cm³/mol. The van der Waals surface area contributed by atoms with Crippen LogP contribution in [0.5, 0.6) is 0 Å². The van der Waals surface area contributed by atoms with Gasteiger partial charge in [0, 0.05) is 18.1 Å². The van der Waals surface area contributed by atoms with Crippen molar-refractivity contribution in [3.63, 3.8) is 0 Å². The molecule has 33 heavy (non-hydrogen) atoms. The highest BCUT2D eigenvalue weighted by atomic mass is 32.2. The van der Waals surface area contributed by atoms with Crippen LogP contribution in [0.2, 0.25) is 0 Å². The first-order valence-corrected chi connectivity index (χ1v) is 12.1. The largest absolute Gasteiger partial charge is 0.444 e. The van der Waals surface area contributed by atoms with E-state index in [2.05, 4.69) is 16.0 Å². The summed E-state index contributed by atoms with van der Waals surface area (Å²) in [6, 6.07) is 6.33. The molecule has 0 aliphatic carbocycles. The molecule has 3 rings (SSSR count). The van der Waals surface area contributed by atoms with Gasteiger partial charge in [-0.05, 0) is 18.4 Å². The van der Waals surface area contributed by atoms with Gasteiger partial charge in [0.2, 0.25) is 11.8 Å². The monoisotopic (exact) mass is 476 g/mol. The van der Waals surface area contributed by atoms with Crippen LogP contribution in [0.25, 0.3) is 0 Å². The van der Waals surface area contributed by atoms with Crippen molar-refractivity contribution >= 4 is 41.5 Å². The third kappa shape index (κ3) is 6.55. The number of hydrogen-bond acceptors (Lipinski definition) is 8. The third-order valence-corrected chi connectivity index (χ3v) is 6.29. The third-order valence-electron chi connectivity index (χ3n) is 5.35. The van der Waals surface area contributed by atoms with E-state index in [0.29, 0.717) is 34.9 Å². The summed E-state index contributed by atoms with van der Waals surface area (Å²) in [6.07, 6.45) is 0.200. The second-order valence-corrected chi connectivity index (χ2v) is 8.86. The maximum atomic E-state index is 13.4. The number of ether oxygens (including phenoxy) is 1. The Morgan fingerprint density at radius 1 is 1.21 bits per heavy atom. The number of hydrogen-bond donors (Lipinski definition) is 3. The normalized spacial score (nSPS) is 20.6. The molecule has 11 heteroatoms. The summed E-state index contributed by atoms with van der Waals surface area (Å²) < 4.78 is 5.28. The Bertz CT molecular complexity index is 890. The lowest BCUT2D eigenvalue weighted by Crippen LogP contribution is -2.58. The lowest BCUT2D eigenvalue weighted by molar-refractivity contribution is -0.146. The maximum Gasteiger partial charge on any atom is 0.423 e. The molecule has 2 saturated heterocycles. The summed E-state index contributed by atoms with van der Waals surface area (Å²) in [7, 11) is 0. The van der Waals surface area contributed by atoms with Gasteiger partial charge in [0.25, 0.3) is 11.8 Å². The molecular formula is C22H28N4O6S. The number of carbonyl (C=O) groups excluding carboxylic acids is 5. The van der Waals surface area contributed by atoms with Crippen molar-refractivity contribution in [1.29, 1.82) is 0 Å². The summed E-state index contributed by atoms with van der Waals surface area (Å²) in [6.45, 7) is 1.71. The summed E-state index contributed by atoms with van der Waals surface area (Å²) in [5.41, 5.74) is 0.704. The zero-order valence-corrected chi connectivity index (χ0v) is 19.2. The predicted octanol–water partition coefficient (Wildman–Crippen LogP) is 0.904. The molecule has 0 radical (unpaired) electrons. The van der Waals surface area contributed by atoms with Crippen molar-refractivity contribution < 1.29 is 28.7 Å². The number of thioether (sulfide) groups is 1. The van der Waals surface area contributed by atoms with Crippen molar-refractivity contribution in [2.75, 3.05) is 11.6 Å². The molecule has 0 bridgehead atoms. The Balaban J connectivity index is 1.75. The molecule has 2 aliphatic rings. The molecule has 0 aromatic heterocycles. The molecule has 0 saturated carbocycles. The van der Waals surface area contributed by atoms with Crippen LogP contribution < -0.4 is 16.0 Å². The van der Waals surface area contributed by atoms with E-state index < -0.39 is 41.9 Å². The fourth-order valence-corrected chi connectivity index (χ4v) is 4.50. The molecule has 0 spiro atoms. The SMILES string of the molecule is CCC[C@H](NC(=O)[C@@H]1CCC(=O)N1)C(=O)N(C(=O)OCc1ccccc1)C(=O)C1CSCN1. The minimum atomic E-state index is -1.11. The Hall–Kier alpha value is -2.92.